The van der Waals surface area contributed by atoms with E-state index in [0.717, 1.165) is 4.90 Å². The van der Waals surface area contributed by atoms with Crippen molar-refractivity contribution in [3.63, 3.8) is 0 Å². The number of hydrogen-bond acceptors (Lipinski definition) is 5. The minimum Gasteiger partial charge on any atom is -0.481 e. The number of esters is 1. The first-order valence-corrected chi connectivity index (χ1v) is 8.91. The van der Waals surface area contributed by atoms with Crippen molar-refractivity contribution in [3.8, 4) is 0 Å². The Balaban J connectivity index is 2.81. The normalized spacial score (nSPS) is 22.5. The molecule has 1 rings (SSSR count). The summed E-state index contributed by atoms with van der Waals surface area (Å²) in [5.41, 5.74) is -0.756. The lowest BCUT2D eigenvalue weighted by atomic mass is 9.65. The van der Waals surface area contributed by atoms with Crippen LogP contribution in [0.2, 0.25) is 0 Å². The van der Waals surface area contributed by atoms with Crippen LogP contribution in [0.1, 0.15) is 54.9 Å². The number of aliphatic carboxylic acids is 1. The van der Waals surface area contributed by atoms with Crippen molar-refractivity contribution in [1.29, 1.82) is 0 Å². The first-order valence-electron chi connectivity index (χ1n) is 8.91. The average molecular weight is 369 g/mol. The summed E-state index contributed by atoms with van der Waals surface area (Å²) in [6, 6.07) is 0. The average Bonchev–Trinajstić information content (AvgIpc) is 2.73. The van der Waals surface area contributed by atoms with Crippen molar-refractivity contribution in [1.82, 2.24) is 4.90 Å². The van der Waals surface area contributed by atoms with Crippen molar-refractivity contribution >= 4 is 23.8 Å². The third-order valence-electron chi connectivity index (χ3n) is 4.72. The molecule has 1 fully saturated rings. The van der Waals surface area contributed by atoms with E-state index in [-0.39, 0.29) is 42.2 Å². The molecule has 1 heterocycles. The highest BCUT2D eigenvalue weighted by atomic mass is 16.5. The monoisotopic (exact) mass is 369 g/mol. The molecule has 0 saturated carbocycles. The molecule has 3 unspecified atom stereocenters. The fourth-order valence-corrected chi connectivity index (χ4v) is 3.26. The quantitative estimate of drug-likeness (QED) is 0.570. The lowest BCUT2D eigenvalue weighted by Crippen LogP contribution is -2.38. The Hall–Kier alpha value is -1.92. The van der Waals surface area contributed by atoms with Crippen LogP contribution in [0, 0.1) is 28.6 Å². The minimum absolute atomic E-state index is 0.0445. The molecule has 0 aliphatic carbocycles. The number of rotatable bonds is 6. The molecule has 7 nitrogen and oxygen atoms in total. The summed E-state index contributed by atoms with van der Waals surface area (Å²) >= 11 is 0. The zero-order valence-corrected chi connectivity index (χ0v) is 16.8. The molecule has 0 aromatic rings. The number of amides is 2. The van der Waals surface area contributed by atoms with E-state index in [9.17, 15) is 19.2 Å². The lowest BCUT2D eigenvalue weighted by molar-refractivity contribution is -0.150. The third kappa shape index (κ3) is 5.05. The van der Waals surface area contributed by atoms with Crippen molar-refractivity contribution in [2.24, 2.45) is 28.6 Å². The molecule has 0 spiro atoms. The van der Waals surface area contributed by atoms with Crippen molar-refractivity contribution in [2.75, 3.05) is 13.2 Å². The summed E-state index contributed by atoms with van der Waals surface area (Å²) in [6.45, 7) is 12.8. The topological polar surface area (TPSA) is 101 Å². The van der Waals surface area contributed by atoms with Gasteiger partial charge in [-0.05, 0) is 17.8 Å². The maximum atomic E-state index is 12.9. The van der Waals surface area contributed by atoms with Gasteiger partial charge in [0.15, 0.2) is 0 Å². The Morgan fingerprint density at radius 3 is 1.81 bits per heavy atom. The van der Waals surface area contributed by atoms with Gasteiger partial charge in [0.2, 0.25) is 11.8 Å². The molecule has 148 valence electrons. The lowest BCUT2D eigenvalue weighted by Gasteiger charge is -2.35. The zero-order chi connectivity index (χ0) is 20.4. The highest BCUT2D eigenvalue weighted by molar-refractivity contribution is 6.06. The highest BCUT2D eigenvalue weighted by Crippen LogP contribution is 2.47. The third-order valence-corrected chi connectivity index (χ3v) is 4.72. The molecular weight excluding hydrogens is 338 g/mol. The first kappa shape index (κ1) is 22.1. The van der Waals surface area contributed by atoms with Gasteiger partial charge in [-0.15, -0.1) is 0 Å². The molecule has 1 saturated heterocycles. The number of hydrogen-bond donors (Lipinski definition) is 1. The Morgan fingerprint density at radius 2 is 1.46 bits per heavy atom. The second-order valence-electron chi connectivity index (χ2n) is 9.19. The molecule has 7 heteroatoms. The van der Waals surface area contributed by atoms with Gasteiger partial charge in [0, 0.05) is 6.54 Å². The van der Waals surface area contributed by atoms with E-state index < -0.39 is 29.7 Å². The molecule has 0 aromatic carbocycles. The maximum absolute atomic E-state index is 12.9. The van der Waals surface area contributed by atoms with E-state index in [2.05, 4.69) is 0 Å². The van der Waals surface area contributed by atoms with Crippen LogP contribution >= 0.6 is 0 Å². The summed E-state index contributed by atoms with van der Waals surface area (Å²) in [6.07, 6.45) is -0.141. The van der Waals surface area contributed by atoms with Gasteiger partial charge >= 0.3 is 11.9 Å². The maximum Gasteiger partial charge on any atom is 0.309 e. The Kier molecular flexibility index (Phi) is 6.60. The van der Waals surface area contributed by atoms with E-state index >= 15 is 0 Å². The standard InChI is InChI=1S/C19H31NO6/c1-11(17(24)25)10-26-12(21)8-9-20-15(22)13(18(2,3)4)14(16(20)23)19(5,6)7/h11,13-14H,8-10H2,1-7H3,(H,24,25). The predicted octanol–water partition coefficient (Wildman–Crippen LogP) is 2.33. The summed E-state index contributed by atoms with van der Waals surface area (Å²) in [5.74, 6) is -3.88. The second-order valence-corrected chi connectivity index (χ2v) is 9.19. The number of carboxylic acid groups (broad SMARTS) is 1. The van der Waals surface area contributed by atoms with Crippen LogP contribution < -0.4 is 0 Å². The molecule has 1 aliphatic heterocycles. The summed E-state index contributed by atoms with van der Waals surface area (Å²) in [7, 11) is 0. The second kappa shape index (κ2) is 7.76. The molecular formula is C19H31NO6. The number of carbonyl (C=O) groups is 4. The molecule has 26 heavy (non-hydrogen) atoms. The zero-order valence-electron chi connectivity index (χ0n) is 16.8. The van der Waals surface area contributed by atoms with Gasteiger partial charge in [-0.2, -0.15) is 0 Å². The van der Waals surface area contributed by atoms with Crippen molar-refractivity contribution in [3.05, 3.63) is 0 Å². The molecule has 0 radical (unpaired) electrons. The predicted molar refractivity (Wildman–Crippen MR) is 95.0 cm³/mol. The number of carboxylic acids is 1. The molecule has 1 N–H and O–H groups in total. The Bertz CT molecular complexity index is 552. The molecule has 2 amide bonds. The van der Waals surface area contributed by atoms with Crippen LogP contribution in [0.4, 0.5) is 0 Å². The van der Waals surface area contributed by atoms with Crippen LogP contribution in [-0.2, 0) is 23.9 Å². The van der Waals surface area contributed by atoms with Gasteiger partial charge in [-0.25, -0.2) is 0 Å². The summed E-state index contributed by atoms with van der Waals surface area (Å²) in [5, 5.41) is 8.79. The number of imide groups is 1. The van der Waals surface area contributed by atoms with Crippen molar-refractivity contribution in [2.45, 2.75) is 54.9 Å². The fraction of sp³-hybridized carbons (Fsp3) is 0.789. The number of nitrogens with zero attached hydrogens (tertiary/aromatic N) is 1. The van der Waals surface area contributed by atoms with Crippen molar-refractivity contribution < 1.29 is 29.0 Å². The van der Waals surface area contributed by atoms with Gasteiger partial charge in [0.05, 0.1) is 24.2 Å². The number of likely N-dealkylation sites (tertiary alicyclic amines) is 1. The number of carbonyl (C=O) groups excluding carboxylic acids is 3. The van der Waals surface area contributed by atoms with Gasteiger partial charge in [-0.3, -0.25) is 24.1 Å². The van der Waals surface area contributed by atoms with Gasteiger partial charge in [-0.1, -0.05) is 41.5 Å². The smallest absolute Gasteiger partial charge is 0.309 e. The SMILES string of the molecule is CC(COC(=O)CCN1C(=O)C(C(C)(C)C)C(C(C)(C)C)C1=O)C(=O)O. The Morgan fingerprint density at radius 1 is 1.04 bits per heavy atom. The largest absolute Gasteiger partial charge is 0.481 e. The van der Waals surface area contributed by atoms with Crippen LogP contribution in [0.25, 0.3) is 0 Å². The van der Waals surface area contributed by atoms with E-state index in [1.165, 1.54) is 6.92 Å². The van der Waals surface area contributed by atoms with E-state index in [4.69, 9.17) is 9.84 Å². The molecule has 1 aliphatic rings. The van der Waals surface area contributed by atoms with Crippen LogP contribution in [0.3, 0.4) is 0 Å². The van der Waals surface area contributed by atoms with E-state index in [1.54, 1.807) is 0 Å². The van der Waals surface area contributed by atoms with Crippen LogP contribution in [-0.4, -0.2) is 46.9 Å². The van der Waals surface area contributed by atoms with E-state index in [1.807, 2.05) is 41.5 Å². The van der Waals surface area contributed by atoms with Crippen LogP contribution in [0.5, 0.6) is 0 Å². The van der Waals surface area contributed by atoms with Gasteiger partial charge < -0.3 is 9.84 Å². The van der Waals surface area contributed by atoms with Gasteiger partial charge in [0.1, 0.15) is 6.61 Å². The fourth-order valence-electron chi connectivity index (χ4n) is 3.26. The minimum atomic E-state index is -1.05. The van der Waals surface area contributed by atoms with E-state index in [0.29, 0.717) is 0 Å². The highest BCUT2D eigenvalue weighted by Gasteiger charge is 2.56. The van der Waals surface area contributed by atoms with Crippen LogP contribution in [0.15, 0.2) is 0 Å². The molecule has 3 atom stereocenters. The number of ether oxygens (including phenoxy) is 1. The summed E-state index contributed by atoms with van der Waals surface area (Å²) < 4.78 is 4.91. The Labute approximate surface area is 155 Å². The molecule has 0 bridgehead atoms. The summed E-state index contributed by atoms with van der Waals surface area (Å²) in [4.78, 5) is 49.5. The first-order chi connectivity index (χ1) is 11.7. The molecule has 0 aromatic heterocycles. The van der Waals surface area contributed by atoms with Gasteiger partial charge in [0.25, 0.3) is 0 Å².